The largest absolute Gasteiger partial charge is 0.373 e. The first kappa shape index (κ1) is 15.1. The lowest BCUT2D eigenvalue weighted by Crippen LogP contribution is -2.48. The van der Waals surface area contributed by atoms with Crippen molar-refractivity contribution >= 4 is 23.2 Å². The molecule has 1 heterocycles. The van der Waals surface area contributed by atoms with Gasteiger partial charge in [0, 0.05) is 35.7 Å². The molecule has 19 heavy (non-hydrogen) atoms. The fourth-order valence-electron chi connectivity index (χ4n) is 2.74. The zero-order valence-corrected chi connectivity index (χ0v) is 12.8. The maximum Gasteiger partial charge on any atom is 0.0678 e. The minimum Gasteiger partial charge on any atom is -0.373 e. The van der Waals surface area contributed by atoms with E-state index in [1.54, 1.807) is 6.07 Å². The third-order valence-corrected chi connectivity index (χ3v) is 3.82. The molecule has 1 saturated heterocycles. The second kappa shape index (κ2) is 6.42. The molecule has 3 nitrogen and oxygen atoms in total. The van der Waals surface area contributed by atoms with Gasteiger partial charge in [-0.15, -0.1) is 0 Å². The van der Waals surface area contributed by atoms with Crippen LogP contribution in [0.5, 0.6) is 0 Å². The summed E-state index contributed by atoms with van der Waals surface area (Å²) < 4.78 is 5.76. The van der Waals surface area contributed by atoms with Crippen molar-refractivity contribution in [2.75, 3.05) is 19.6 Å². The van der Waals surface area contributed by atoms with E-state index in [-0.39, 0.29) is 18.2 Å². The highest BCUT2D eigenvalue weighted by Crippen LogP contribution is 2.28. The van der Waals surface area contributed by atoms with Crippen LogP contribution in [0.4, 0.5) is 0 Å². The number of hydrogen-bond acceptors (Lipinski definition) is 3. The van der Waals surface area contributed by atoms with Crippen molar-refractivity contribution < 1.29 is 4.74 Å². The van der Waals surface area contributed by atoms with Gasteiger partial charge in [-0.1, -0.05) is 23.2 Å². The second-order valence-electron chi connectivity index (χ2n) is 5.17. The van der Waals surface area contributed by atoms with Gasteiger partial charge in [0.1, 0.15) is 0 Å². The Kier molecular flexibility index (Phi) is 5.09. The summed E-state index contributed by atoms with van der Waals surface area (Å²) in [5.41, 5.74) is 7.03. The SMILES string of the molecule is C[C@H]1CN([C@@H](CN)c2cc(Cl)cc(Cl)c2)C[C@H](C)O1. The van der Waals surface area contributed by atoms with Crippen molar-refractivity contribution in [3.05, 3.63) is 33.8 Å². The van der Waals surface area contributed by atoms with Crippen molar-refractivity contribution in [1.82, 2.24) is 4.90 Å². The minimum atomic E-state index is 0.130. The van der Waals surface area contributed by atoms with Gasteiger partial charge in [-0.3, -0.25) is 4.90 Å². The number of nitrogens with zero attached hydrogens (tertiary/aromatic N) is 1. The molecule has 0 radical (unpaired) electrons. The Bertz CT molecular complexity index is 411. The van der Waals surface area contributed by atoms with Crippen LogP contribution in [0.15, 0.2) is 18.2 Å². The Labute approximate surface area is 124 Å². The lowest BCUT2D eigenvalue weighted by Gasteiger charge is -2.40. The zero-order chi connectivity index (χ0) is 14.0. The van der Waals surface area contributed by atoms with Crippen molar-refractivity contribution in [1.29, 1.82) is 0 Å². The van der Waals surface area contributed by atoms with Crippen LogP contribution in [0.25, 0.3) is 0 Å². The molecule has 0 saturated carbocycles. The predicted molar refractivity (Wildman–Crippen MR) is 79.8 cm³/mol. The number of halogens is 2. The van der Waals surface area contributed by atoms with Crippen molar-refractivity contribution in [2.24, 2.45) is 5.73 Å². The van der Waals surface area contributed by atoms with Gasteiger partial charge in [-0.2, -0.15) is 0 Å². The number of ether oxygens (including phenoxy) is 1. The molecule has 0 aliphatic carbocycles. The maximum atomic E-state index is 6.08. The molecule has 0 unspecified atom stereocenters. The summed E-state index contributed by atoms with van der Waals surface area (Å²) in [7, 11) is 0. The quantitative estimate of drug-likeness (QED) is 0.932. The second-order valence-corrected chi connectivity index (χ2v) is 6.04. The van der Waals surface area contributed by atoms with E-state index < -0.39 is 0 Å². The van der Waals surface area contributed by atoms with Crippen LogP contribution in [0.1, 0.15) is 25.5 Å². The average molecular weight is 303 g/mol. The number of hydrogen-bond donors (Lipinski definition) is 1. The topological polar surface area (TPSA) is 38.5 Å². The number of morpholine rings is 1. The Morgan fingerprint density at radius 1 is 1.21 bits per heavy atom. The average Bonchev–Trinajstić information content (AvgIpc) is 2.27. The molecule has 0 aromatic heterocycles. The fourth-order valence-corrected chi connectivity index (χ4v) is 3.28. The number of rotatable bonds is 3. The molecule has 2 N–H and O–H groups in total. The molecule has 0 spiro atoms. The maximum absolute atomic E-state index is 6.08. The predicted octanol–water partition coefficient (Wildman–Crippen LogP) is 3.10. The lowest BCUT2D eigenvalue weighted by atomic mass is 10.0. The molecule has 1 aromatic rings. The lowest BCUT2D eigenvalue weighted by molar-refractivity contribution is -0.0799. The van der Waals surface area contributed by atoms with Gasteiger partial charge in [-0.25, -0.2) is 0 Å². The third-order valence-electron chi connectivity index (χ3n) is 3.38. The van der Waals surface area contributed by atoms with Crippen LogP contribution in [-0.4, -0.2) is 36.7 Å². The molecular formula is C14H20Cl2N2O. The summed E-state index contributed by atoms with van der Waals surface area (Å²) in [6, 6.07) is 5.75. The highest BCUT2D eigenvalue weighted by atomic mass is 35.5. The minimum absolute atomic E-state index is 0.130. The molecule has 3 atom stereocenters. The molecule has 1 aliphatic rings. The Hall–Kier alpha value is -0.320. The van der Waals surface area contributed by atoms with Gasteiger partial charge in [0.2, 0.25) is 0 Å². The first-order valence-corrected chi connectivity index (χ1v) is 7.30. The number of nitrogens with two attached hydrogens (primary N) is 1. The normalized spacial score (nSPS) is 26.4. The first-order chi connectivity index (χ1) is 8.99. The molecule has 0 amide bonds. The van der Waals surface area contributed by atoms with E-state index in [1.165, 1.54) is 0 Å². The van der Waals surface area contributed by atoms with Gasteiger partial charge in [0.05, 0.1) is 12.2 Å². The van der Waals surface area contributed by atoms with Crippen LogP contribution < -0.4 is 5.73 Å². The highest BCUT2D eigenvalue weighted by molar-refractivity contribution is 6.34. The van der Waals surface area contributed by atoms with E-state index in [0.717, 1.165) is 18.7 Å². The van der Waals surface area contributed by atoms with E-state index in [0.29, 0.717) is 16.6 Å². The van der Waals surface area contributed by atoms with E-state index in [9.17, 15) is 0 Å². The van der Waals surface area contributed by atoms with Gasteiger partial charge >= 0.3 is 0 Å². The Balaban J connectivity index is 2.23. The molecule has 5 heteroatoms. The monoisotopic (exact) mass is 302 g/mol. The molecular weight excluding hydrogens is 283 g/mol. The van der Waals surface area contributed by atoms with Crippen molar-refractivity contribution in [3.63, 3.8) is 0 Å². The van der Waals surface area contributed by atoms with Crippen LogP contribution >= 0.6 is 23.2 Å². The van der Waals surface area contributed by atoms with Crippen LogP contribution in [0, 0.1) is 0 Å². The molecule has 1 aromatic carbocycles. The van der Waals surface area contributed by atoms with E-state index >= 15 is 0 Å². The summed E-state index contributed by atoms with van der Waals surface area (Å²) >= 11 is 12.2. The van der Waals surface area contributed by atoms with E-state index in [2.05, 4.69) is 18.7 Å². The first-order valence-electron chi connectivity index (χ1n) is 6.55. The highest BCUT2D eigenvalue weighted by Gasteiger charge is 2.28. The van der Waals surface area contributed by atoms with Gasteiger partial charge in [0.25, 0.3) is 0 Å². The summed E-state index contributed by atoms with van der Waals surface area (Å²) in [4.78, 5) is 2.35. The smallest absolute Gasteiger partial charge is 0.0678 e. The summed E-state index contributed by atoms with van der Waals surface area (Å²) in [5.74, 6) is 0. The van der Waals surface area contributed by atoms with Crippen LogP contribution in [0.3, 0.4) is 0 Å². The number of benzene rings is 1. The van der Waals surface area contributed by atoms with E-state index in [1.807, 2.05) is 12.1 Å². The van der Waals surface area contributed by atoms with Crippen LogP contribution in [-0.2, 0) is 4.74 Å². The summed E-state index contributed by atoms with van der Waals surface area (Å²) in [6.45, 7) is 6.45. The molecule has 1 fully saturated rings. The summed E-state index contributed by atoms with van der Waals surface area (Å²) in [5, 5.41) is 1.30. The Morgan fingerprint density at radius 2 is 1.74 bits per heavy atom. The van der Waals surface area contributed by atoms with Gasteiger partial charge in [0.15, 0.2) is 0 Å². The third kappa shape index (κ3) is 3.83. The van der Waals surface area contributed by atoms with Crippen molar-refractivity contribution in [3.8, 4) is 0 Å². The Morgan fingerprint density at radius 3 is 2.21 bits per heavy atom. The van der Waals surface area contributed by atoms with Crippen molar-refractivity contribution in [2.45, 2.75) is 32.1 Å². The summed E-state index contributed by atoms with van der Waals surface area (Å²) in [6.07, 6.45) is 0.430. The van der Waals surface area contributed by atoms with E-state index in [4.69, 9.17) is 33.7 Å². The molecule has 2 rings (SSSR count). The van der Waals surface area contributed by atoms with Gasteiger partial charge < -0.3 is 10.5 Å². The van der Waals surface area contributed by atoms with Gasteiger partial charge in [-0.05, 0) is 37.6 Å². The molecule has 0 bridgehead atoms. The zero-order valence-electron chi connectivity index (χ0n) is 11.3. The van der Waals surface area contributed by atoms with Crippen LogP contribution in [0.2, 0.25) is 10.0 Å². The standard InChI is InChI=1S/C14H20Cl2N2O/c1-9-7-18(8-10(2)19-9)14(6-17)11-3-12(15)5-13(16)4-11/h3-5,9-10,14H,6-8,17H2,1-2H3/t9-,10-,14-/m0/s1. The molecule has 106 valence electrons. The molecule has 1 aliphatic heterocycles. The fraction of sp³-hybridized carbons (Fsp3) is 0.571.